The van der Waals surface area contributed by atoms with Crippen LogP contribution >= 0.6 is 0 Å². The first kappa shape index (κ1) is 22.5. The molecule has 36 heavy (non-hydrogen) atoms. The molecule has 0 fully saturated rings. The number of carbonyl (C=O) groups excluding carboxylic acids is 1. The van der Waals surface area contributed by atoms with Crippen LogP contribution in [-0.4, -0.2) is 15.8 Å². The van der Waals surface area contributed by atoms with Crippen molar-refractivity contribution >= 4 is 50.9 Å². The van der Waals surface area contributed by atoms with Crippen LogP contribution in [0.3, 0.4) is 0 Å². The summed E-state index contributed by atoms with van der Waals surface area (Å²) in [5, 5.41) is 21.3. The summed E-state index contributed by atoms with van der Waals surface area (Å²) >= 11 is 0. The average Bonchev–Trinajstić information content (AvgIpc) is 2.91. The van der Waals surface area contributed by atoms with Crippen LogP contribution < -0.4 is 16.0 Å². The zero-order chi connectivity index (χ0) is 24.9. The van der Waals surface area contributed by atoms with Gasteiger partial charge in [-0.15, -0.1) is 0 Å². The summed E-state index contributed by atoms with van der Waals surface area (Å²) in [7, 11) is 0. The van der Waals surface area contributed by atoms with Crippen LogP contribution in [-0.2, 0) is 0 Å². The molecule has 0 atom stereocenters. The number of fused-ring (bicyclic) bond motifs is 1. The van der Waals surface area contributed by atoms with Crippen molar-refractivity contribution in [3.63, 3.8) is 0 Å². The molecule has 1 heterocycles. The molecule has 1 amide bonds. The number of rotatable bonds is 7. The van der Waals surface area contributed by atoms with Crippen molar-refractivity contribution in [3.05, 3.63) is 125 Å². The van der Waals surface area contributed by atoms with E-state index in [4.69, 9.17) is 0 Å². The molecule has 5 rings (SSSR count). The summed E-state index contributed by atoms with van der Waals surface area (Å²) in [4.78, 5) is 27.7. The Labute approximate surface area is 206 Å². The number of hydrogen-bond acceptors (Lipinski definition) is 6. The minimum absolute atomic E-state index is 0.00514. The number of anilines is 5. The Morgan fingerprint density at radius 1 is 0.722 bits per heavy atom. The van der Waals surface area contributed by atoms with E-state index in [1.54, 1.807) is 42.6 Å². The third-order valence-corrected chi connectivity index (χ3v) is 5.57. The standard InChI is InChI=1S/C28H21N5O3/c34-28(32-23-12-10-21(11-13-23)30-20-4-2-1-3-5-20)19-6-8-22(9-7-19)31-27-16-17-29-26-15-14-24(33(35)36)18-25(26)27/h1-18,30H,(H,29,31)(H,32,34). The van der Waals surface area contributed by atoms with Crippen molar-refractivity contribution in [3.8, 4) is 0 Å². The third-order valence-electron chi connectivity index (χ3n) is 5.57. The van der Waals surface area contributed by atoms with Gasteiger partial charge < -0.3 is 16.0 Å². The third kappa shape index (κ3) is 5.13. The van der Waals surface area contributed by atoms with Crippen molar-refractivity contribution in [1.82, 2.24) is 4.98 Å². The van der Waals surface area contributed by atoms with Gasteiger partial charge in [0.2, 0.25) is 0 Å². The maximum atomic E-state index is 12.7. The van der Waals surface area contributed by atoms with E-state index in [0.29, 0.717) is 27.8 Å². The summed E-state index contributed by atoms with van der Waals surface area (Å²) in [5.74, 6) is -0.227. The molecule has 0 radical (unpaired) electrons. The molecule has 0 saturated heterocycles. The van der Waals surface area contributed by atoms with Gasteiger partial charge in [0.1, 0.15) is 0 Å². The van der Waals surface area contributed by atoms with E-state index in [1.165, 1.54) is 12.1 Å². The van der Waals surface area contributed by atoms with Gasteiger partial charge in [-0.2, -0.15) is 0 Å². The van der Waals surface area contributed by atoms with Gasteiger partial charge in [0.25, 0.3) is 11.6 Å². The van der Waals surface area contributed by atoms with Gasteiger partial charge in [-0.3, -0.25) is 19.9 Å². The molecule has 1 aromatic heterocycles. The number of nitro groups is 1. The highest BCUT2D eigenvalue weighted by molar-refractivity contribution is 6.04. The molecule has 0 aliphatic carbocycles. The summed E-state index contributed by atoms with van der Waals surface area (Å²) in [6.07, 6.45) is 1.64. The molecule has 0 unspecified atom stereocenters. The van der Waals surface area contributed by atoms with Gasteiger partial charge in [0.15, 0.2) is 0 Å². The first-order valence-electron chi connectivity index (χ1n) is 11.2. The van der Waals surface area contributed by atoms with Crippen LogP contribution in [0.25, 0.3) is 10.9 Å². The molecular weight excluding hydrogens is 454 g/mol. The van der Waals surface area contributed by atoms with Gasteiger partial charge in [0, 0.05) is 57.7 Å². The Morgan fingerprint density at radius 3 is 2.08 bits per heavy atom. The molecule has 0 spiro atoms. The number of nitro benzene ring substituents is 1. The number of pyridine rings is 1. The minimum Gasteiger partial charge on any atom is -0.356 e. The Hall–Kier alpha value is -5.24. The molecule has 0 aliphatic rings. The molecule has 8 heteroatoms. The maximum absolute atomic E-state index is 12.7. The monoisotopic (exact) mass is 475 g/mol. The predicted molar refractivity (Wildman–Crippen MR) is 142 cm³/mol. The van der Waals surface area contributed by atoms with E-state index in [-0.39, 0.29) is 11.6 Å². The van der Waals surface area contributed by atoms with Crippen molar-refractivity contribution in [2.24, 2.45) is 0 Å². The number of amides is 1. The molecule has 8 nitrogen and oxygen atoms in total. The lowest BCUT2D eigenvalue weighted by atomic mass is 10.1. The number of non-ortho nitro benzene ring substituents is 1. The van der Waals surface area contributed by atoms with E-state index in [9.17, 15) is 14.9 Å². The summed E-state index contributed by atoms with van der Waals surface area (Å²) in [5.41, 5.74) is 5.16. The zero-order valence-corrected chi connectivity index (χ0v) is 19.0. The van der Waals surface area contributed by atoms with Gasteiger partial charge in [-0.05, 0) is 72.8 Å². The number of benzene rings is 4. The highest BCUT2D eigenvalue weighted by Gasteiger charge is 2.11. The van der Waals surface area contributed by atoms with Crippen LogP contribution in [0, 0.1) is 10.1 Å². The van der Waals surface area contributed by atoms with E-state index in [0.717, 1.165) is 17.1 Å². The van der Waals surface area contributed by atoms with Gasteiger partial charge in [0.05, 0.1) is 10.4 Å². The normalized spacial score (nSPS) is 10.6. The highest BCUT2D eigenvalue weighted by Crippen LogP contribution is 2.28. The fourth-order valence-corrected chi connectivity index (χ4v) is 3.75. The van der Waals surface area contributed by atoms with Crippen molar-refractivity contribution in [2.45, 2.75) is 0 Å². The van der Waals surface area contributed by atoms with E-state index in [2.05, 4.69) is 20.9 Å². The largest absolute Gasteiger partial charge is 0.356 e. The quantitative estimate of drug-likeness (QED) is 0.175. The van der Waals surface area contributed by atoms with Crippen LogP contribution in [0.4, 0.5) is 34.1 Å². The lowest BCUT2D eigenvalue weighted by Gasteiger charge is -2.11. The zero-order valence-electron chi connectivity index (χ0n) is 19.0. The summed E-state index contributed by atoms with van der Waals surface area (Å²) in [6, 6.07) is 30.6. The molecule has 176 valence electrons. The van der Waals surface area contributed by atoms with E-state index in [1.807, 2.05) is 54.6 Å². The second kappa shape index (κ2) is 9.94. The van der Waals surface area contributed by atoms with Crippen LogP contribution in [0.5, 0.6) is 0 Å². The molecule has 0 bridgehead atoms. The fourth-order valence-electron chi connectivity index (χ4n) is 3.75. The topological polar surface area (TPSA) is 109 Å². The molecule has 3 N–H and O–H groups in total. The molecular formula is C28H21N5O3. The number of carbonyl (C=O) groups is 1. The number of hydrogen-bond donors (Lipinski definition) is 3. The second-order valence-electron chi connectivity index (χ2n) is 8.04. The molecule has 5 aromatic rings. The SMILES string of the molecule is O=C(Nc1ccc(Nc2ccccc2)cc1)c1ccc(Nc2ccnc3ccc([N+](=O)[O-])cc23)cc1. The van der Waals surface area contributed by atoms with Gasteiger partial charge in [-0.25, -0.2) is 0 Å². The molecule has 0 aliphatic heterocycles. The Morgan fingerprint density at radius 2 is 1.36 bits per heavy atom. The first-order chi connectivity index (χ1) is 17.5. The van der Waals surface area contributed by atoms with Crippen molar-refractivity contribution in [1.29, 1.82) is 0 Å². The van der Waals surface area contributed by atoms with Crippen LogP contribution in [0.2, 0.25) is 0 Å². The highest BCUT2D eigenvalue weighted by atomic mass is 16.6. The summed E-state index contributed by atoms with van der Waals surface area (Å²) in [6.45, 7) is 0. The van der Waals surface area contributed by atoms with Gasteiger partial charge in [-0.1, -0.05) is 18.2 Å². The predicted octanol–water partition coefficient (Wildman–Crippen LogP) is 6.88. The summed E-state index contributed by atoms with van der Waals surface area (Å²) < 4.78 is 0. The Bertz CT molecular complexity index is 1540. The second-order valence-corrected chi connectivity index (χ2v) is 8.04. The first-order valence-corrected chi connectivity index (χ1v) is 11.2. The Balaban J connectivity index is 1.25. The smallest absolute Gasteiger partial charge is 0.270 e. The van der Waals surface area contributed by atoms with Crippen molar-refractivity contribution in [2.75, 3.05) is 16.0 Å². The van der Waals surface area contributed by atoms with E-state index < -0.39 is 4.92 Å². The van der Waals surface area contributed by atoms with Crippen molar-refractivity contribution < 1.29 is 9.72 Å². The van der Waals surface area contributed by atoms with Gasteiger partial charge >= 0.3 is 0 Å². The number of nitrogens with one attached hydrogen (secondary N) is 3. The minimum atomic E-state index is -0.434. The number of aromatic nitrogens is 1. The number of nitrogens with zero attached hydrogens (tertiary/aromatic N) is 2. The van der Waals surface area contributed by atoms with Crippen LogP contribution in [0.1, 0.15) is 10.4 Å². The van der Waals surface area contributed by atoms with Crippen LogP contribution in [0.15, 0.2) is 109 Å². The maximum Gasteiger partial charge on any atom is 0.270 e. The number of para-hydroxylation sites is 1. The molecule has 0 saturated carbocycles. The Kier molecular flexibility index (Phi) is 6.23. The molecule has 4 aromatic carbocycles. The fraction of sp³-hybridized carbons (Fsp3) is 0. The average molecular weight is 476 g/mol. The lowest BCUT2D eigenvalue weighted by Crippen LogP contribution is -2.11. The van der Waals surface area contributed by atoms with E-state index >= 15 is 0 Å². The lowest BCUT2D eigenvalue weighted by molar-refractivity contribution is -0.384.